The van der Waals surface area contributed by atoms with Crippen LogP contribution in [0.4, 0.5) is 0 Å². The van der Waals surface area contributed by atoms with Crippen LogP contribution in [0, 0.1) is 0 Å². The maximum atomic E-state index is 11.4. The van der Waals surface area contributed by atoms with Crippen molar-refractivity contribution >= 4 is 9.84 Å². The lowest BCUT2D eigenvalue weighted by Gasteiger charge is -2.32. The Morgan fingerprint density at radius 2 is 1.84 bits per heavy atom. The van der Waals surface area contributed by atoms with Crippen molar-refractivity contribution in [2.75, 3.05) is 37.7 Å². The van der Waals surface area contributed by atoms with Crippen LogP contribution in [-0.2, 0) is 9.84 Å². The summed E-state index contributed by atoms with van der Waals surface area (Å²) in [7, 11) is -2.82. The van der Waals surface area contributed by atoms with Gasteiger partial charge in [0.15, 0.2) is 21.3 Å². The van der Waals surface area contributed by atoms with E-state index in [-0.39, 0.29) is 17.6 Å². The summed E-state index contributed by atoms with van der Waals surface area (Å²) in [4.78, 5) is 2.13. The lowest BCUT2D eigenvalue weighted by atomic mass is 10.2. The standard InChI is InChI=1S/C13H17NO4S/c15-19(16)7-5-14(6-8-19)9-11-10-17-12-3-1-2-4-13(12)18-11/h1-4,11H,5-10H2/t11-/m1/s1. The van der Waals surface area contributed by atoms with E-state index in [1.54, 1.807) is 0 Å². The number of sulfone groups is 1. The van der Waals surface area contributed by atoms with Gasteiger partial charge in [-0.15, -0.1) is 0 Å². The van der Waals surface area contributed by atoms with Gasteiger partial charge >= 0.3 is 0 Å². The Kier molecular flexibility index (Phi) is 3.36. The van der Waals surface area contributed by atoms with Crippen LogP contribution in [0.3, 0.4) is 0 Å². The lowest BCUT2D eigenvalue weighted by Crippen LogP contribution is -2.47. The largest absolute Gasteiger partial charge is 0.486 e. The third kappa shape index (κ3) is 3.01. The highest BCUT2D eigenvalue weighted by Gasteiger charge is 2.27. The van der Waals surface area contributed by atoms with Crippen LogP contribution in [0.15, 0.2) is 24.3 Å². The average molecular weight is 283 g/mol. The van der Waals surface area contributed by atoms with Crippen LogP contribution in [0.5, 0.6) is 11.5 Å². The second-order valence-corrected chi connectivity index (χ2v) is 7.25. The minimum atomic E-state index is -2.82. The van der Waals surface area contributed by atoms with Crippen molar-refractivity contribution in [1.82, 2.24) is 4.90 Å². The first-order valence-electron chi connectivity index (χ1n) is 6.44. The van der Waals surface area contributed by atoms with E-state index in [0.717, 1.165) is 11.5 Å². The molecule has 104 valence electrons. The first-order valence-corrected chi connectivity index (χ1v) is 8.26. The summed E-state index contributed by atoms with van der Waals surface area (Å²) in [6.45, 7) is 2.40. The monoisotopic (exact) mass is 283 g/mol. The molecule has 0 aromatic heterocycles. The molecule has 2 heterocycles. The summed E-state index contributed by atoms with van der Waals surface area (Å²) in [6.07, 6.45) is -0.0318. The van der Waals surface area contributed by atoms with Gasteiger partial charge in [-0.05, 0) is 12.1 Å². The van der Waals surface area contributed by atoms with E-state index in [1.165, 1.54) is 0 Å². The van der Waals surface area contributed by atoms with E-state index < -0.39 is 9.84 Å². The molecule has 3 rings (SSSR count). The predicted octanol–water partition coefficient (Wildman–Crippen LogP) is 0.557. The van der Waals surface area contributed by atoms with Crippen molar-refractivity contribution < 1.29 is 17.9 Å². The van der Waals surface area contributed by atoms with Gasteiger partial charge in [0.25, 0.3) is 0 Å². The minimum Gasteiger partial charge on any atom is -0.486 e. The highest BCUT2D eigenvalue weighted by Crippen LogP contribution is 2.31. The normalized spacial score (nSPS) is 26.0. The Labute approximate surface area is 113 Å². The van der Waals surface area contributed by atoms with Gasteiger partial charge in [-0.2, -0.15) is 0 Å². The molecule has 1 atom stereocenters. The fourth-order valence-corrected chi connectivity index (χ4v) is 3.65. The van der Waals surface area contributed by atoms with Gasteiger partial charge in [-0.3, -0.25) is 4.90 Å². The van der Waals surface area contributed by atoms with Crippen LogP contribution in [0.2, 0.25) is 0 Å². The summed E-state index contributed by atoms with van der Waals surface area (Å²) >= 11 is 0. The number of fused-ring (bicyclic) bond motifs is 1. The zero-order chi connectivity index (χ0) is 13.3. The van der Waals surface area contributed by atoms with E-state index >= 15 is 0 Å². The second kappa shape index (κ2) is 5.02. The molecule has 0 radical (unpaired) electrons. The molecule has 1 aromatic rings. The highest BCUT2D eigenvalue weighted by molar-refractivity contribution is 7.91. The number of benzene rings is 1. The molecule has 6 heteroatoms. The molecule has 0 bridgehead atoms. The maximum Gasteiger partial charge on any atom is 0.161 e. The predicted molar refractivity (Wildman–Crippen MR) is 71.4 cm³/mol. The minimum absolute atomic E-state index is 0.0318. The summed E-state index contributed by atoms with van der Waals surface area (Å²) in [6, 6.07) is 7.61. The number of rotatable bonds is 2. The van der Waals surface area contributed by atoms with Gasteiger partial charge in [-0.1, -0.05) is 12.1 Å². The summed E-state index contributed by atoms with van der Waals surface area (Å²) in [5, 5.41) is 0. The Balaban J connectivity index is 1.58. The van der Waals surface area contributed by atoms with Crippen molar-refractivity contribution in [3.8, 4) is 11.5 Å². The summed E-state index contributed by atoms with van der Waals surface area (Å²) < 4.78 is 34.3. The summed E-state index contributed by atoms with van der Waals surface area (Å²) in [5.41, 5.74) is 0. The molecule has 0 unspecified atom stereocenters. The molecule has 19 heavy (non-hydrogen) atoms. The Morgan fingerprint density at radius 3 is 2.58 bits per heavy atom. The number of hydrogen-bond acceptors (Lipinski definition) is 5. The van der Waals surface area contributed by atoms with Crippen LogP contribution in [0.1, 0.15) is 0 Å². The molecule has 2 aliphatic heterocycles. The van der Waals surface area contributed by atoms with Gasteiger partial charge in [0.1, 0.15) is 12.7 Å². The van der Waals surface area contributed by atoms with E-state index in [0.29, 0.717) is 26.2 Å². The molecule has 0 spiro atoms. The zero-order valence-electron chi connectivity index (χ0n) is 10.6. The molecule has 1 aromatic carbocycles. The zero-order valence-corrected chi connectivity index (χ0v) is 11.4. The van der Waals surface area contributed by atoms with Gasteiger partial charge in [0, 0.05) is 19.6 Å². The first-order chi connectivity index (χ1) is 9.12. The molecule has 2 aliphatic rings. The van der Waals surface area contributed by atoms with Crippen LogP contribution in [0.25, 0.3) is 0 Å². The van der Waals surface area contributed by atoms with Crippen molar-refractivity contribution in [3.05, 3.63) is 24.3 Å². The number of para-hydroxylation sites is 2. The third-order valence-corrected chi connectivity index (χ3v) is 5.08. The molecule has 0 amide bonds. The molecule has 1 saturated heterocycles. The molecule has 0 aliphatic carbocycles. The van der Waals surface area contributed by atoms with Crippen molar-refractivity contribution in [2.45, 2.75) is 6.10 Å². The van der Waals surface area contributed by atoms with Crippen LogP contribution in [-0.4, -0.2) is 57.2 Å². The quantitative estimate of drug-likeness (QED) is 0.793. The molecule has 5 nitrogen and oxygen atoms in total. The van der Waals surface area contributed by atoms with E-state index in [1.807, 2.05) is 24.3 Å². The first kappa shape index (κ1) is 12.7. The van der Waals surface area contributed by atoms with Gasteiger partial charge in [0.05, 0.1) is 11.5 Å². The fourth-order valence-electron chi connectivity index (χ4n) is 2.37. The van der Waals surface area contributed by atoms with E-state index in [9.17, 15) is 8.42 Å². The number of hydrogen-bond donors (Lipinski definition) is 0. The number of nitrogens with zero attached hydrogens (tertiary/aromatic N) is 1. The van der Waals surface area contributed by atoms with Crippen LogP contribution >= 0.6 is 0 Å². The lowest BCUT2D eigenvalue weighted by molar-refractivity contribution is 0.0610. The molecular formula is C13H17NO4S. The topological polar surface area (TPSA) is 55.8 Å². The Morgan fingerprint density at radius 1 is 1.16 bits per heavy atom. The van der Waals surface area contributed by atoms with Gasteiger partial charge in [-0.25, -0.2) is 8.42 Å². The Bertz CT molecular complexity index is 544. The SMILES string of the molecule is O=S1(=O)CCN(C[C@@H]2COc3ccccc3O2)CC1. The number of ether oxygens (including phenoxy) is 2. The van der Waals surface area contributed by atoms with E-state index in [4.69, 9.17) is 9.47 Å². The maximum absolute atomic E-state index is 11.4. The molecule has 0 saturated carbocycles. The second-order valence-electron chi connectivity index (χ2n) is 4.95. The van der Waals surface area contributed by atoms with Gasteiger partial charge < -0.3 is 9.47 Å². The van der Waals surface area contributed by atoms with Crippen molar-refractivity contribution in [3.63, 3.8) is 0 Å². The molecule has 0 N–H and O–H groups in total. The average Bonchev–Trinajstić information content (AvgIpc) is 2.41. The molecular weight excluding hydrogens is 266 g/mol. The van der Waals surface area contributed by atoms with Crippen molar-refractivity contribution in [1.29, 1.82) is 0 Å². The van der Waals surface area contributed by atoms with Crippen LogP contribution < -0.4 is 9.47 Å². The van der Waals surface area contributed by atoms with Gasteiger partial charge in [0.2, 0.25) is 0 Å². The Hall–Kier alpha value is -1.27. The van der Waals surface area contributed by atoms with E-state index in [2.05, 4.69) is 4.90 Å². The summed E-state index contributed by atoms with van der Waals surface area (Å²) in [5.74, 6) is 2.04. The third-order valence-electron chi connectivity index (χ3n) is 3.47. The molecule has 1 fully saturated rings. The smallest absolute Gasteiger partial charge is 0.161 e. The highest BCUT2D eigenvalue weighted by atomic mass is 32.2. The van der Waals surface area contributed by atoms with Crippen molar-refractivity contribution in [2.24, 2.45) is 0 Å². The fraction of sp³-hybridized carbons (Fsp3) is 0.538.